The van der Waals surface area contributed by atoms with Crippen LogP contribution in [0.3, 0.4) is 0 Å². The van der Waals surface area contributed by atoms with Crippen LogP contribution in [0.4, 0.5) is 0 Å². The summed E-state index contributed by atoms with van der Waals surface area (Å²) in [5.41, 5.74) is 6.88. The fraction of sp³-hybridized carbons (Fsp3) is 0.0645. The van der Waals surface area contributed by atoms with Crippen LogP contribution < -0.4 is 11.1 Å². The quantitative estimate of drug-likeness (QED) is 0.377. The maximum absolute atomic E-state index is 13.6. The molecule has 1 amide bonds. The molecule has 0 saturated heterocycles. The molecule has 2 heterocycles. The Morgan fingerprint density at radius 2 is 1.11 bits per heavy atom. The molecule has 2 atom stereocenters. The molecule has 1 aliphatic heterocycles. The van der Waals surface area contributed by atoms with Crippen molar-refractivity contribution in [3.05, 3.63) is 143 Å². The van der Waals surface area contributed by atoms with Gasteiger partial charge in [-0.2, -0.15) is 19.9 Å². The van der Waals surface area contributed by atoms with Gasteiger partial charge in [-0.15, -0.1) is 0 Å². The minimum Gasteiger partial charge on any atom is -0.271 e. The van der Waals surface area contributed by atoms with Gasteiger partial charge in [-0.25, -0.2) is 10.2 Å². The fourth-order valence-electron chi connectivity index (χ4n) is 4.82. The number of hydrogen-bond acceptors (Lipinski definition) is 5. The van der Waals surface area contributed by atoms with Crippen molar-refractivity contribution in [2.75, 3.05) is 0 Å². The molecule has 0 bridgehead atoms. The molecule has 6 rings (SSSR count). The molecular weight excluding hydrogens is 474 g/mol. The van der Waals surface area contributed by atoms with Crippen LogP contribution in [0.15, 0.2) is 131 Å². The monoisotopic (exact) mass is 497 g/mol. The molecule has 7 nitrogen and oxygen atoms in total. The van der Waals surface area contributed by atoms with E-state index in [1.165, 1.54) is 4.68 Å². The van der Waals surface area contributed by atoms with Gasteiger partial charge in [0.1, 0.15) is 11.4 Å². The Hall–Kier alpha value is -5.17. The first-order valence-electron chi connectivity index (χ1n) is 12.3. The molecular formula is C31H23N5O2. The molecule has 1 aromatic heterocycles. The zero-order valence-electron chi connectivity index (χ0n) is 20.3. The molecule has 0 radical (unpaired) electrons. The predicted octanol–water partition coefficient (Wildman–Crippen LogP) is 4.83. The van der Waals surface area contributed by atoms with E-state index in [1.54, 1.807) is 0 Å². The maximum Gasteiger partial charge on any atom is 0.365 e. The number of nitrogens with one attached hydrogen (secondary N) is 1. The summed E-state index contributed by atoms with van der Waals surface area (Å²) in [6.45, 7) is 0. The highest BCUT2D eigenvalue weighted by Gasteiger charge is 2.40. The number of aromatic nitrogens is 3. The van der Waals surface area contributed by atoms with Gasteiger partial charge >= 0.3 is 5.69 Å². The summed E-state index contributed by atoms with van der Waals surface area (Å²) in [6.07, 6.45) is 0. The van der Waals surface area contributed by atoms with Crippen LogP contribution in [0.2, 0.25) is 0 Å². The first kappa shape index (κ1) is 23.2. The number of nitrogens with zero attached hydrogens (tertiary/aromatic N) is 4. The highest BCUT2D eigenvalue weighted by molar-refractivity contribution is 6.10. The van der Waals surface area contributed by atoms with E-state index in [9.17, 15) is 9.59 Å². The van der Waals surface area contributed by atoms with Crippen LogP contribution in [-0.4, -0.2) is 26.4 Å². The summed E-state index contributed by atoms with van der Waals surface area (Å²) in [6, 6.07) is 37.2. The lowest BCUT2D eigenvalue weighted by Crippen LogP contribution is -2.47. The van der Waals surface area contributed by atoms with Crippen LogP contribution in [0.25, 0.3) is 22.5 Å². The largest absolute Gasteiger partial charge is 0.365 e. The Morgan fingerprint density at radius 3 is 1.68 bits per heavy atom. The molecule has 0 aliphatic carbocycles. The van der Waals surface area contributed by atoms with Crippen molar-refractivity contribution in [3.63, 3.8) is 0 Å². The van der Waals surface area contributed by atoms with Crippen molar-refractivity contribution in [2.45, 2.75) is 12.0 Å². The summed E-state index contributed by atoms with van der Waals surface area (Å²) < 4.78 is 1.21. The van der Waals surface area contributed by atoms with E-state index in [4.69, 9.17) is 5.10 Å². The average Bonchev–Trinajstić information content (AvgIpc) is 2.99. The molecule has 0 spiro atoms. The second kappa shape index (κ2) is 10.1. The Kier molecular flexibility index (Phi) is 6.16. The Bertz CT molecular complexity index is 1670. The molecule has 38 heavy (non-hydrogen) atoms. The number of carbonyl (C=O) groups excluding carboxylic acids is 1. The van der Waals surface area contributed by atoms with E-state index in [1.807, 2.05) is 121 Å². The maximum atomic E-state index is 13.6. The zero-order chi connectivity index (χ0) is 25.9. The number of amides is 1. The Morgan fingerprint density at radius 1 is 0.605 bits per heavy atom. The van der Waals surface area contributed by atoms with Crippen LogP contribution in [-0.2, 0) is 4.79 Å². The SMILES string of the molecule is O=C1NN=C(c2ccccc2)C(c2ccccc2)C1n1nc(-c2ccccc2)c(-c2ccccc2)nc1=O. The van der Waals surface area contributed by atoms with Gasteiger partial charge in [-0.1, -0.05) is 121 Å². The van der Waals surface area contributed by atoms with E-state index in [0.29, 0.717) is 17.1 Å². The van der Waals surface area contributed by atoms with E-state index in [0.717, 1.165) is 22.3 Å². The topological polar surface area (TPSA) is 89.2 Å². The van der Waals surface area contributed by atoms with E-state index < -0.39 is 23.6 Å². The zero-order valence-corrected chi connectivity index (χ0v) is 20.3. The highest BCUT2D eigenvalue weighted by atomic mass is 16.2. The van der Waals surface area contributed by atoms with Crippen molar-refractivity contribution >= 4 is 11.6 Å². The number of rotatable bonds is 5. The lowest BCUT2D eigenvalue weighted by molar-refractivity contribution is -0.125. The third kappa shape index (κ3) is 4.30. The standard InChI is InChI=1S/C31H23N5O2/c37-30-29(25(21-13-5-1-6-14-21)26(33-34-30)22-15-7-2-8-16-22)36-31(38)32-27(23-17-9-3-10-18-23)28(35-36)24-19-11-4-12-20-24/h1-20,25,29H,(H,34,37). The average molecular weight is 498 g/mol. The summed E-state index contributed by atoms with van der Waals surface area (Å²) in [4.78, 5) is 31.6. The van der Waals surface area contributed by atoms with Crippen molar-refractivity contribution in [1.29, 1.82) is 0 Å². The van der Waals surface area contributed by atoms with E-state index in [-0.39, 0.29) is 0 Å². The smallest absolute Gasteiger partial charge is 0.271 e. The number of benzene rings is 4. The second-order valence-electron chi connectivity index (χ2n) is 8.94. The van der Waals surface area contributed by atoms with Crippen molar-refractivity contribution in [3.8, 4) is 22.5 Å². The van der Waals surface area contributed by atoms with Crippen molar-refractivity contribution < 1.29 is 4.79 Å². The first-order chi connectivity index (χ1) is 18.7. The normalized spacial score (nSPS) is 16.9. The third-order valence-corrected chi connectivity index (χ3v) is 6.59. The molecule has 7 heteroatoms. The molecule has 0 saturated carbocycles. The van der Waals surface area contributed by atoms with Gasteiger partial charge < -0.3 is 0 Å². The van der Waals surface area contributed by atoms with Gasteiger partial charge in [-0.05, 0) is 11.1 Å². The fourth-order valence-corrected chi connectivity index (χ4v) is 4.82. The van der Waals surface area contributed by atoms with Crippen LogP contribution in [0.1, 0.15) is 23.1 Å². The second-order valence-corrected chi connectivity index (χ2v) is 8.94. The van der Waals surface area contributed by atoms with Gasteiger partial charge in [0.15, 0.2) is 6.04 Å². The summed E-state index contributed by atoms with van der Waals surface area (Å²) in [5, 5.41) is 9.27. The van der Waals surface area contributed by atoms with Crippen LogP contribution in [0, 0.1) is 0 Å². The number of carbonyl (C=O) groups is 1. The van der Waals surface area contributed by atoms with Crippen molar-refractivity contribution in [1.82, 2.24) is 20.2 Å². The van der Waals surface area contributed by atoms with Gasteiger partial charge in [0, 0.05) is 11.1 Å². The summed E-state index contributed by atoms with van der Waals surface area (Å²) in [7, 11) is 0. The van der Waals surface area contributed by atoms with Gasteiger partial charge in [0.2, 0.25) is 0 Å². The summed E-state index contributed by atoms with van der Waals surface area (Å²) >= 11 is 0. The third-order valence-electron chi connectivity index (χ3n) is 6.59. The molecule has 4 aromatic carbocycles. The van der Waals surface area contributed by atoms with Crippen LogP contribution >= 0.6 is 0 Å². The number of hydrazone groups is 1. The highest BCUT2D eigenvalue weighted by Crippen LogP contribution is 2.35. The Labute approximate surface area is 219 Å². The van der Waals surface area contributed by atoms with Crippen molar-refractivity contribution in [2.24, 2.45) is 5.10 Å². The number of hydrogen-bond donors (Lipinski definition) is 1. The minimum atomic E-state index is -1.00. The van der Waals surface area contributed by atoms with Gasteiger partial charge in [0.25, 0.3) is 5.91 Å². The molecule has 1 N–H and O–H groups in total. The van der Waals surface area contributed by atoms with E-state index in [2.05, 4.69) is 15.5 Å². The minimum absolute atomic E-state index is 0.429. The van der Waals surface area contributed by atoms with E-state index >= 15 is 0 Å². The molecule has 1 aliphatic rings. The predicted molar refractivity (Wildman–Crippen MR) is 147 cm³/mol. The van der Waals surface area contributed by atoms with Gasteiger partial charge in [-0.3, -0.25) is 4.79 Å². The lowest BCUT2D eigenvalue weighted by atomic mass is 9.83. The van der Waals surface area contributed by atoms with Gasteiger partial charge in [0.05, 0.1) is 11.6 Å². The molecule has 0 fully saturated rings. The molecule has 5 aromatic rings. The summed E-state index contributed by atoms with van der Waals surface area (Å²) in [5.74, 6) is -0.994. The lowest BCUT2D eigenvalue weighted by Gasteiger charge is -2.31. The Balaban J connectivity index is 1.58. The molecule has 184 valence electrons. The van der Waals surface area contributed by atoms with Crippen LogP contribution in [0.5, 0.6) is 0 Å². The molecule has 2 unspecified atom stereocenters. The first-order valence-corrected chi connectivity index (χ1v) is 12.3.